The smallest absolute Gasteiger partial charge is 0.213 e. The normalized spacial score (nSPS) is 20.0. The van der Waals surface area contributed by atoms with Gasteiger partial charge in [0, 0.05) is 22.0 Å². The van der Waals surface area contributed by atoms with Gasteiger partial charge >= 0.3 is 0 Å². The van der Waals surface area contributed by atoms with Gasteiger partial charge in [0.05, 0.1) is 16.2 Å². The number of fused-ring (bicyclic) bond motifs is 3. The van der Waals surface area contributed by atoms with Crippen LogP contribution in [0.1, 0.15) is 61.7 Å². The average molecular weight is 540 g/mol. The van der Waals surface area contributed by atoms with E-state index in [1.165, 1.54) is 5.56 Å². The molecule has 2 aliphatic rings. The van der Waals surface area contributed by atoms with Crippen LogP contribution in [-0.2, 0) is 5.41 Å². The van der Waals surface area contributed by atoms with Crippen LogP contribution in [0, 0.1) is 0 Å². The highest BCUT2D eigenvalue weighted by Crippen LogP contribution is 2.50. The van der Waals surface area contributed by atoms with E-state index in [9.17, 15) is 0 Å². The number of nitrogens with zero attached hydrogens (tertiary/aromatic N) is 2. The molecule has 31 heavy (non-hydrogen) atoms. The van der Waals surface area contributed by atoms with Crippen LogP contribution in [0.4, 0.5) is 0 Å². The first-order valence-electron chi connectivity index (χ1n) is 10.5. The maximum atomic E-state index is 6.58. The number of hydrogen-bond donors (Lipinski definition) is 0. The molecule has 0 fully saturated rings. The van der Waals surface area contributed by atoms with Crippen LogP contribution in [-0.4, -0.2) is 10.7 Å². The van der Waals surface area contributed by atoms with Crippen LogP contribution in [0.15, 0.2) is 80.8 Å². The lowest BCUT2D eigenvalue weighted by Crippen LogP contribution is -2.34. The fraction of sp³-hybridized carbons (Fsp3) is 0.269. The van der Waals surface area contributed by atoms with Crippen molar-refractivity contribution in [2.45, 2.75) is 44.9 Å². The molecule has 0 bridgehead atoms. The number of ether oxygens (including phenoxy) is 1. The van der Waals surface area contributed by atoms with E-state index < -0.39 is 0 Å². The molecule has 0 aromatic heterocycles. The Labute approximate surface area is 200 Å². The number of benzene rings is 3. The van der Waals surface area contributed by atoms with Gasteiger partial charge < -0.3 is 4.74 Å². The van der Waals surface area contributed by atoms with Crippen LogP contribution in [0.25, 0.3) is 0 Å². The van der Waals surface area contributed by atoms with Gasteiger partial charge in [-0.3, -0.25) is 0 Å². The summed E-state index contributed by atoms with van der Waals surface area (Å²) in [5.74, 6) is 0.902. The Morgan fingerprint density at radius 3 is 2.35 bits per heavy atom. The number of hydrogen-bond acceptors (Lipinski definition) is 3. The van der Waals surface area contributed by atoms with E-state index in [0.29, 0.717) is 0 Å². The summed E-state index contributed by atoms with van der Waals surface area (Å²) in [5, 5.41) is 7.20. The summed E-state index contributed by atoms with van der Waals surface area (Å²) < 4.78 is 8.57. The molecule has 5 heteroatoms. The van der Waals surface area contributed by atoms with E-state index in [1.807, 2.05) is 12.1 Å². The van der Waals surface area contributed by atoms with Gasteiger partial charge in [-0.25, -0.2) is 5.01 Å². The zero-order chi connectivity index (χ0) is 21.8. The highest BCUT2D eigenvalue weighted by molar-refractivity contribution is 9.11. The number of hydrazone groups is 1. The second-order valence-electron chi connectivity index (χ2n) is 9.16. The van der Waals surface area contributed by atoms with Crippen LogP contribution in [0.2, 0.25) is 0 Å². The molecule has 0 amide bonds. The Balaban J connectivity index is 1.60. The molecular formula is C26H24Br2N2O. The molecule has 3 aromatic rings. The lowest BCUT2D eigenvalue weighted by molar-refractivity contribution is -0.0197. The molecule has 3 nitrogen and oxygen atoms in total. The van der Waals surface area contributed by atoms with E-state index in [2.05, 4.69) is 112 Å². The third-order valence-corrected chi connectivity index (χ3v) is 7.02. The molecule has 0 aliphatic carbocycles. The Morgan fingerprint density at radius 1 is 0.968 bits per heavy atom. The second-order valence-corrected chi connectivity index (χ2v) is 10.9. The van der Waals surface area contributed by atoms with Crippen molar-refractivity contribution in [1.82, 2.24) is 5.01 Å². The first kappa shape index (κ1) is 20.8. The Bertz CT molecular complexity index is 1150. The van der Waals surface area contributed by atoms with Gasteiger partial charge in [-0.15, -0.1) is 0 Å². The predicted molar refractivity (Wildman–Crippen MR) is 133 cm³/mol. The maximum Gasteiger partial charge on any atom is 0.213 e. The van der Waals surface area contributed by atoms with E-state index >= 15 is 0 Å². The third-order valence-electron chi connectivity index (χ3n) is 5.98. The monoisotopic (exact) mass is 538 g/mol. The molecule has 5 rings (SSSR count). The summed E-state index contributed by atoms with van der Waals surface area (Å²) in [6.45, 7) is 6.70. The van der Waals surface area contributed by atoms with Crippen molar-refractivity contribution in [3.05, 3.63) is 97.9 Å². The van der Waals surface area contributed by atoms with E-state index in [1.54, 1.807) is 0 Å². The summed E-state index contributed by atoms with van der Waals surface area (Å²) in [5.41, 5.74) is 5.94. The molecule has 0 N–H and O–H groups in total. The minimum atomic E-state index is -0.273. The van der Waals surface area contributed by atoms with Crippen molar-refractivity contribution < 1.29 is 4.74 Å². The minimum absolute atomic E-state index is 0.114. The van der Waals surface area contributed by atoms with E-state index in [0.717, 1.165) is 43.5 Å². The highest BCUT2D eigenvalue weighted by atomic mass is 79.9. The fourth-order valence-electron chi connectivity index (χ4n) is 4.29. The molecule has 3 aromatic carbocycles. The largest absolute Gasteiger partial charge is 0.463 e. The summed E-state index contributed by atoms with van der Waals surface area (Å²) in [6.07, 6.45) is 0.574. The standard InChI is InChI=1S/C26H24Br2N2O/c1-26(2,3)18-11-9-17(10-12-18)25-30-23(15-22(29-30)16-7-5-4-6-8-16)20-13-19(27)14-21(28)24(20)31-25/h4-14,23,25H,15H2,1-3H3/t23-,25+/m1/s1. The van der Waals surface area contributed by atoms with Crippen LogP contribution in [0.3, 0.4) is 0 Å². The second kappa shape index (κ2) is 7.79. The van der Waals surface area contributed by atoms with Gasteiger partial charge in [0.25, 0.3) is 0 Å². The van der Waals surface area contributed by atoms with Crippen molar-refractivity contribution in [3.8, 4) is 5.75 Å². The van der Waals surface area contributed by atoms with Crippen molar-refractivity contribution in [2.24, 2.45) is 5.10 Å². The minimum Gasteiger partial charge on any atom is -0.463 e. The van der Waals surface area contributed by atoms with Crippen molar-refractivity contribution in [2.75, 3.05) is 0 Å². The zero-order valence-electron chi connectivity index (χ0n) is 17.8. The SMILES string of the molecule is CC(C)(C)c1ccc([C@@H]2Oc3c(Br)cc(Br)cc3[C@H]3CC(c4ccccc4)=NN32)cc1. The molecule has 0 saturated heterocycles. The molecule has 2 heterocycles. The molecule has 2 aliphatic heterocycles. The Morgan fingerprint density at radius 2 is 1.68 bits per heavy atom. The van der Waals surface area contributed by atoms with Gasteiger partial charge in [0.15, 0.2) is 0 Å². The third kappa shape index (κ3) is 3.83. The van der Waals surface area contributed by atoms with Crippen LogP contribution < -0.4 is 4.74 Å². The number of rotatable bonds is 2. The quantitative estimate of drug-likeness (QED) is 0.332. The Kier molecular flexibility index (Phi) is 5.22. The van der Waals surface area contributed by atoms with E-state index in [4.69, 9.17) is 9.84 Å². The fourth-order valence-corrected chi connectivity index (χ4v) is 5.64. The summed E-state index contributed by atoms with van der Waals surface area (Å²) in [7, 11) is 0. The molecule has 0 unspecified atom stereocenters. The Hall–Kier alpha value is -2.11. The average Bonchev–Trinajstić information content (AvgIpc) is 3.19. The topological polar surface area (TPSA) is 24.8 Å². The molecule has 0 spiro atoms. The predicted octanol–water partition coefficient (Wildman–Crippen LogP) is 7.75. The lowest BCUT2D eigenvalue weighted by atomic mass is 9.86. The first-order chi connectivity index (χ1) is 14.8. The van der Waals surface area contributed by atoms with Gasteiger partial charge in [-0.2, -0.15) is 5.10 Å². The van der Waals surface area contributed by atoms with Crippen LogP contribution >= 0.6 is 31.9 Å². The van der Waals surface area contributed by atoms with Crippen molar-refractivity contribution in [3.63, 3.8) is 0 Å². The summed E-state index contributed by atoms with van der Waals surface area (Å²) >= 11 is 7.36. The zero-order valence-corrected chi connectivity index (χ0v) is 20.9. The van der Waals surface area contributed by atoms with Crippen molar-refractivity contribution >= 4 is 37.6 Å². The molecule has 0 radical (unpaired) electrons. The maximum absolute atomic E-state index is 6.58. The van der Waals surface area contributed by atoms with E-state index in [-0.39, 0.29) is 17.7 Å². The molecule has 158 valence electrons. The van der Waals surface area contributed by atoms with Gasteiger partial charge in [0.1, 0.15) is 5.75 Å². The molecular weight excluding hydrogens is 516 g/mol. The first-order valence-corrected chi connectivity index (χ1v) is 12.1. The van der Waals surface area contributed by atoms with Gasteiger partial charge in [-0.1, -0.05) is 91.3 Å². The lowest BCUT2D eigenvalue weighted by Gasteiger charge is -2.39. The van der Waals surface area contributed by atoms with Crippen LogP contribution in [0.5, 0.6) is 5.75 Å². The highest BCUT2D eigenvalue weighted by Gasteiger charge is 2.42. The summed E-state index contributed by atoms with van der Waals surface area (Å²) in [6, 6.07) is 23.5. The van der Waals surface area contributed by atoms with Gasteiger partial charge in [0.2, 0.25) is 6.23 Å². The van der Waals surface area contributed by atoms with Crippen molar-refractivity contribution in [1.29, 1.82) is 0 Å². The summed E-state index contributed by atoms with van der Waals surface area (Å²) in [4.78, 5) is 0. The molecule has 0 saturated carbocycles. The van der Waals surface area contributed by atoms with Gasteiger partial charge in [-0.05, 0) is 44.6 Å². The molecule has 2 atom stereocenters. The number of halogens is 2.